The highest BCUT2D eigenvalue weighted by Crippen LogP contribution is 2.38. The highest BCUT2D eigenvalue weighted by Gasteiger charge is 2.52. The van der Waals surface area contributed by atoms with Crippen LogP contribution in [0.25, 0.3) is 6.08 Å². The molecule has 0 atom stereocenters. The third-order valence-corrected chi connectivity index (χ3v) is 5.83. The number of hydrogen-bond donors (Lipinski definition) is 2. The zero-order valence-electron chi connectivity index (χ0n) is 20.2. The molecule has 1 saturated heterocycles. The summed E-state index contributed by atoms with van der Waals surface area (Å²) in [5.74, 6) is -0.0548. The molecule has 2 N–H and O–H groups in total. The average Bonchev–Trinajstić information content (AvgIpc) is 3.43. The van der Waals surface area contributed by atoms with Gasteiger partial charge in [-0.05, 0) is 84.5 Å². The van der Waals surface area contributed by atoms with Crippen LogP contribution in [-0.4, -0.2) is 48.5 Å². The lowest BCUT2D eigenvalue weighted by Crippen LogP contribution is -2.41. The maximum Gasteiger partial charge on any atom is 0.492 e. The molecule has 1 saturated carbocycles. The van der Waals surface area contributed by atoms with Gasteiger partial charge in [-0.25, -0.2) is 4.79 Å². The first-order chi connectivity index (χ1) is 14.8. The van der Waals surface area contributed by atoms with Crippen LogP contribution in [0.2, 0.25) is 0 Å². The predicted molar refractivity (Wildman–Crippen MR) is 125 cm³/mol. The Morgan fingerprint density at radius 3 is 2.16 bits per heavy atom. The Hall–Kier alpha value is -2.32. The van der Waals surface area contributed by atoms with Crippen molar-refractivity contribution in [1.82, 2.24) is 10.6 Å². The van der Waals surface area contributed by atoms with Crippen LogP contribution >= 0.6 is 0 Å². The first kappa shape index (κ1) is 24.3. The molecule has 1 aliphatic heterocycles. The van der Waals surface area contributed by atoms with Gasteiger partial charge in [0.1, 0.15) is 5.60 Å². The van der Waals surface area contributed by atoms with Gasteiger partial charge in [0, 0.05) is 18.2 Å². The van der Waals surface area contributed by atoms with Gasteiger partial charge in [-0.2, -0.15) is 0 Å². The summed E-state index contributed by atoms with van der Waals surface area (Å²) in [6.45, 7) is 13.6. The summed E-state index contributed by atoms with van der Waals surface area (Å²) < 4.78 is 17.8. The number of benzene rings is 1. The highest BCUT2D eigenvalue weighted by atomic mass is 16.7. The average molecular weight is 442 g/mol. The smallest absolute Gasteiger partial charge is 0.444 e. The van der Waals surface area contributed by atoms with Crippen molar-refractivity contribution in [2.24, 2.45) is 0 Å². The fourth-order valence-corrected chi connectivity index (χ4v) is 3.13. The van der Waals surface area contributed by atoms with E-state index in [9.17, 15) is 9.59 Å². The number of ether oxygens (including phenoxy) is 1. The molecule has 2 amide bonds. The van der Waals surface area contributed by atoms with Crippen molar-refractivity contribution in [2.75, 3.05) is 6.54 Å². The summed E-state index contributed by atoms with van der Waals surface area (Å²) in [7, 11) is -0.618. The highest BCUT2D eigenvalue weighted by molar-refractivity contribution is 6.56. The molecule has 0 bridgehead atoms. The minimum absolute atomic E-state index is 0.0548. The zero-order valence-corrected chi connectivity index (χ0v) is 20.2. The molecule has 3 rings (SSSR count). The van der Waals surface area contributed by atoms with Gasteiger partial charge in [-0.1, -0.05) is 18.2 Å². The summed E-state index contributed by atoms with van der Waals surface area (Å²) in [5.41, 5.74) is 0.655. The van der Waals surface area contributed by atoms with E-state index < -0.39 is 30.0 Å². The Morgan fingerprint density at radius 1 is 1.09 bits per heavy atom. The van der Waals surface area contributed by atoms with Crippen LogP contribution in [0.4, 0.5) is 4.79 Å². The topological polar surface area (TPSA) is 85.9 Å². The Labute approximate surface area is 191 Å². The van der Waals surface area contributed by atoms with Crippen molar-refractivity contribution in [3.05, 3.63) is 40.9 Å². The first-order valence-electron chi connectivity index (χ1n) is 11.2. The summed E-state index contributed by atoms with van der Waals surface area (Å²) in [6, 6.07) is 7.66. The standard InChI is InChI=1S/C24H35BN2O5/c1-22(2,3)30-21(29)26-15-18(25-31-23(4,5)24(6,7)32-25)14-16-8-10-17(11-9-16)20(28)27-19-12-13-19/h8-11,14,19H,12-13,15H2,1-7H3,(H,26,29)(H,27,28). The second-order valence-electron chi connectivity index (χ2n) is 10.5. The second kappa shape index (κ2) is 8.91. The van der Waals surface area contributed by atoms with Crippen molar-refractivity contribution in [3.63, 3.8) is 0 Å². The summed E-state index contributed by atoms with van der Waals surface area (Å²) >= 11 is 0. The molecule has 2 aliphatic rings. The molecule has 1 heterocycles. The molecule has 32 heavy (non-hydrogen) atoms. The maximum absolute atomic E-state index is 12.2. The molecule has 1 aromatic carbocycles. The molecule has 0 unspecified atom stereocenters. The molecule has 1 aromatic rings. The molecule has 8 heteroatoms. The second-order valence-corrected chi connectivity index (χ2v) is 10.5. The lowest BCUT2D eigenvalue weighted by Gasteiger charge is -2.32. The van der Waals surface area contributed by atoms with Gasteiger partial charge in [0.25, 0.3) is 5.91 Å². The van der Waals surface area contributed by atoms with Crippen molar-refractivity contribution in [2.45, 2.75) is 84.2 Å². The van der Waals surface area contributed by atoms with Crippen molar-refractivity contribution in [3.8, 4) is 0 Å². The number of amides is 2. The van der Waals surface area contributed by atoms with Crippen LogP contribution in [0.5, 0.6) is 0 Å². The SMILES string of the molecule is CC(C)(C)OC(=O)NCC(=Cc1ccc(C(=O)NC2CC2)cc1)B1OC(C)(C)C(C)(C)O1. The fourth-order valence-electron chi connectivity index (χ4n) is 3.13. The van der Waals surface area contributed by atoms with Crippen LogP contribution in [0.3, 0.4) is 0 Å². The lowest BCUT2D eigenvalue weighted by molar-refractivity contribution is 0.00578. The van der Waals surface area contributed by atoms with Crippen molar-refractivity contribution >= 4 is 25.2 Å². The van der Waals surface area contributed by atoms with E-state index >= 15 is 0 Å². The monoisotopic (exact) mass is 442 g/mol. The summed E-state index contributed by atoms with van der Waals surface area (Å²) in [6.07, 6.45) is 3.51. The zero-order chi connectivity index (χ0) is 23.7. The molecule has 7 nitrogen and oxygen atoms in total. The quantitative estimate of drug-likeness (QED) is 0.648. The van der Waals surface area contributed by atoms with E-state index in [-0.39, 0.29) is 12.5 Å². The number of nitrogens with one attached hydrogen (secondary N) is 2. The Bertz CT molecular complexity index is 867. The summed E-state index contributed by atoms with van der Waals surface area (Å²) in [5, 5.41) is 5.78. The maximum atomic E-state index is 12.2. The summed E-state index contributed by atoms with van der Waals surface area (Å²) in [4.78, 5) is 24.5. The van der Waals surface area contributed by atoms with E-state index in [1.807, 2.05) is 66.7 Å². The number of carbonyl (C=O) groups excluding carboxylic acids is 2. The van der Waals surface area contributed by atoms with Gasteiger partial charge in [0.2, 0.25) is 0 Å². The van der Waals surface area contributed by atoms with E-state index in [1.54, 1.807) is 12.1 Å². The minimum atomic E-state index is -0.618. The molecular weight excluding hydrogens is 407 g/mol. The lowest BCUT2D eigenvalue weighted by atomic mass is 9.77. The van der Waals surface area contributed by atoms with Gasteiger partial charge < -0.3 is 24.7 Å². The van der Waals surface area contributed by atoms with Crippen LogP contribution in [0.15, 0.2) is 29.7 Å². The van der Waals surface area contributed by atoms with Crippen LogP contribution in [0, 0.1) is 0 Å². The normalized spacial score (nSPS) is 20.1. The number of carbonyl (C=O) groups is 2. The molecule has 0 radical (unpaired) electrons. The van der Waals surface area contributed by atoms with E-state index in [2.05, 4.69) is 10.6 Å². The largest absolute Gasteiger partial charge is 0.492 e. The van der Waals surface area contributed by atoms with Crippen LogP contribution < -0.4 is 10.6 Å². The Morgan fingerprint density at radius 2 is 1.66 bits per heavy atom. The van der Waals surface area contributed by atoms with Crippen LogP contribution in [0.1, 0.15) is 77.2 Å². The molecule has 174 valence electrons. The van der Waals surface area contributed by atoms with Gasteiger partial charge in [-0.15, -0.1) is 0 Å². The molecule has 0 spiro atoms. The third kappa shape index (κ3) is 6.36. The Balaban J connectivity index is 1.77. The van der Waals surface area contributed by atoms with E-state index in [0.29, 0.717) is 11.6 Å². The molecule has 2 fully saturated rings. The van der Waals surface area contributed by atoms with Crippen LogP contribution in [-0.2, 0) is 14.0 Å². The van der Waals surface area contributed by atoms with Crippen molar-refractivity contribution < 1.29 is 23.6 Å². The fraction of sp³-hybridized carbons (Fsp3) is 0.583. The third-order valence-electron chi connectivity index (χ3n) is 5.83. The van der Waals surface area contributed by atoms with Gasteiger partial charge in [0.15, 0.2) is 0 Å². The molecular formula is C24H35BN2O5. The number of alkyl carbamates (subject to hydrolysis) is 1. The van der Waals surface area contributed by atoms with Gasteiger partial charge in [-0.3, -0.25) is 4.79 Å². The van der Waals surface area contributed by atoms with E-state index in [4.69, 9.17) is 14.0 Å². The van der Waals surface area contributed by atoms with Gasteiger partial charge >= 0.3 is 13.2 Å². The predicted octanol–water partition coefficient (Wildman–Crippen LogP) is 4.12. The molecule has 0 aromatic heterocycles. The molecule has 1 aliphatic carbocycles. The van der Waals surface area contributed by atoms with E-state index in [0.717, 1.165) is 23.9 Å². The van der Waals surface area contributed by atoms with Gasteiger partial charge in [0.05, 0.1) is 11.2 Å². The van der Waals surface area contributed by atoms with E-state index in [1.165, 1.54) is 0 Å². The number of hydrogen-bond acceptors (Lipinski definition) is 5. The van der Waals surface area contributed by atoms with Crippen molar-refractivity contribution in [1.29, 1.82) is 0 Å². The first-order valence-corrected chi connectivity index (χ1v) is 11.2. The minimum Gasteiger partial charge on any atom is -0.444 e. The Kier molecular flexibility index (Phi) is 6.77. The number of rotatable bonds is 6.